The van der Waals surface area contributed by atoms with Crippen molar-refractivity contribution in [3.63, 3.8) is 0 Å². The van der Waals surface area contributed by atoms with E-state index < -0.39 is 0 Å². The van der Waals surface area contributed by atoms with Gasteiger partial charge in [-0.25, -0.2) is 0 Å². The van der Waals surface area contributed by atoms with Gasteiger partial charge in [0.05, 0.1) is 13.5 Å². The van der Waals surface area contributed by atoms with Crippen LogP contribution in [-0.4, -0.2) is 13.1 Å². The Morgan fingerprint density at radius 3 is 2.29 bits per heavy atom. The van der Waals surface area contributed by atoms with Crippen LogP contribution in [0.15, 0.2) is 21.1 Å². The molecule has 0 aliphatic carbocycles. The molecule has 0 bridgehead atoms. The number of rotatable bonds is 2. The molecule has 0 aliphatic heterocycles. The number of halogens is 2. The van der Waals surface area contributed by atoms with Crippen molar-refractivity contribution in [3.8, 4) is 0 Å². The van der Waals surface area contributed by atoms with E-state index in [9.17, 15) is 4.79 Å². The van der Waals surface area contributed by atoms with Gasteiger partial charge in [0.25, 0.3) is 0 Å². The van der Waals surface area contributed by atoms with Gasteiger partial charge >= 0.3 is 5.97 Å². The molecule has 0 aromatic heterocycles. The Morgan fingerprint density at radius 2 is 1.86 bits per heavy atom. The molecule has 1 rings (SSSR count). The summed E-state index contributed by atoms with van der Waals surface area (Å²) < 4.78 is 6.47. The van der Waals surface area contributed by atoms with E-state index in [1.54, 1.807) is 0 Å². The minimum absolute atomic E-state index is 0.241. The first-order valence-corrected chi connectivity index (χ1v) is 5.64. The quantitative estimate of drug-likeness (QED) is 0.782. The predicted octanol–water partition coefficient (Wildman–Crippen LogP) is 3.24. The van der Waals surface area contributed by atoms with Crippen LogP contribution in [-0.2, 0) is 16.0 Å². The first-order valence-electron chi connectivity index (χ1n) is 4.06. The number of benzene rings is 1. The number of carbonyl (C=O) groups excluding carboxylic acids is 1. The molecule has 76 valence electrons. The molecule has 0 fully saturated rings. The van der Waals surface area contributed by atoms with Gasteiger partial charge < -0.3 is 4.74 Å². The van der Waals surface area contributed by atoms with Crippen LogP contribution in [0.2, 0.25) is 0 Å². The number of hydrogen-bond acceptors (Lipinski definition) is 2. The average Bonchev–Trinajstić information content (AvgIpc) is 2.10. The van der Waals surface area contributed by atoms with Crippen LogP contribution >= 0.6 is 31.9 Å². The van der Waals surface area contributed by atoms with Gasteiger partial charge in [-0.3, -0.25) is 4.79 Å². The Labute approximate surface area is 99.9 Å². The summed E-state index contributed by atoms with van der Waals surface area (Å²) >= 11 is 6.84. The van der Waals surface area contributed by atoms with Crippen molar-refractivity contribution in [1.82, 2.24) is 0 Å². The second-order valence-electron chi connectivity index (χ2n) is 2.96. The Kier molecular flexibility index (Phi) is 4.13. The van der Waals surface area contributed by atoms with Gasteiger partial charge in [0.15, 0.2) is 0 Å². The number of methoxy groups -OCH3 is 1. The van der Waals surface area contributed by atoms with Gasteiger partial charge in [0, 0.05) is 8.95 Å². The van der Waals surface area contributed by atoms with Crippen molar-refractivity contribution < 1.29 is 9.53 Å². The Balaban J connectivity index is 3.02. The fourth-order valence-corrected chi connectivity index (χ4v) is 2.81. The highest BCUT2D eigenvalue weighted by molar-refractivity contribution is 9.11. The van der Waals surface area contributed by atoms with Crippen molar-refractivity contribution in [2.24, 2.45) is 0 Å². The topological polar surface area (TPSA) is 26.3 Å². The van der Waals surface area contributed by atoms with Crippen LogP contribution in [0.1, 0.15) is 11.1 Å². The molecule has 0 amide bonds. The predicted molar refractivity (Wildman–Crippen MR) is 62.3 cm³/mol. The van der Waals surface area contributed by atoms with E-state index in [0.717, 1.165) is 20.1 Å². The number of esters is 1. The first kappa shape index (κ1) is 11.7. The van der Waals surface area contributed by atoms with E-state index in [-0.39, 0.29) is 12.4 Å². The third-order valence-corrected chi connectivity index (χ3v) is 3.25. The highest BCUT2D eigenvalue weighted by Gasteiger charge is 2.10. The third kappa shape index (κ3) is 2.82. The molecule has 0 atom stereocenters. The monoisotopic (exact) mass is 320 g/mol. The fraction of sp³-hybridized carbons (Fsp3) is 0.300. The van der Waals surface area contributed by atoms with Gasteiger partial charge in [-0.05, 0) is 30.2 Å². The van der Waals surface area contributed by atoms with Crippen molar-refractivity contribution in [1.29, 1.82) is 0 Å². The lowest BCUT2D eigenvalue weighted by molar-refractivity contribution is -0.139. The van der Waals surface area contributed by atoms with Crippen molar-refractivity contribution in [2.45, 2.75) is 13.3 Å². The molecule has 0 heterocycles. The summed E-state index contributed by atoms with van der Waals surface area (Å²) in [6.07, 6.45) is 0.276. The molecule has 0 aliphatic rings. The molecule has 1 aromatic rings. The summed E-state index contributed by atoms with van der Waals surface area (Å²) in [7, 11) is 1.39. The lowest BCUT2D eigenvalue weighted by Gasteiger charge is -2.07. The van der Waals surface area contributed by atoms with E-state index in [1.165, 1.54) is 7.11 Å². The Bertz CT molecular complexity index is 338. The molecule has 0 saturated carbocycles. The molecule has 0 saturated heterocycles. The van der Waals surface area contributed by atoms with Gasteiger partial charge in [0.2, 0.25) is 0 Å². The lowest BCUT2D eigenvalue weighted by atomic mass is 10.1. The zero-order valence-electron chi connectivity index (χ0n) is 7.93. The van der Waals surface area contributed by atoms with Crippen LogP contribution in [0.25, 0.3) is 0 Å². The fourth-order valence-electron chi connectivity index (χ4n) is 1.12. The van der Waals surface area contributed by atoms with Crippen LogP contribution in [0.4, 0.5) is 0 Å². The molecule has 0 spiro atoms. The molecule has 1 aromatic carbocycles. The summed E-state index contributed by atoms with van der Waals surface area (Å²) in [5.74, 6) is -0.241. The van der Waals surface area contributed by atoms with Crippen LogP contribution in [0, 0.1) is 6.92 Å². The summed E-state index contributed by atoms with van der Waals surface area (Å²) in [5.41, 5.74) is 2.06. The zero-order chi connectivity index (χ0) is 10.7. The molecule has 4 heteroatoms. The second-order valence-corrected chi connectivity index (χ2v) is 4.67. The SMILES string of the molecule is COC(=O)Cc1c(Br)cc(C)cc1Br. The van der Waals surface area contributed by atoms with Gasteiger partial charge in [-0.2, -0.15) is 0 Å². The molecular formula is C10H10Br2O2. The smallest absolute Gasteiger partial charge is 0.310 e. The summed E-state index contributed by atoms with van der Waals surface area (Å²) in [6, 6.07) is 3.95. The zero-order valence-corrected chi connectivity index (χ0v) is 11.1. The average molecular weight is 322 g/mol. The minimum atomic E-state index is -0.241. The lowest BCUT2D eigenvalue weighted by Crippen LogP contribution is -2.05. The van der Waals surface area contributed by atoms with Crippen LogP contribution in [0.5, 0.6) is 0 Å². The first-order chi connectivity index (χ1) is 6.54. The van der Waals surface area contributed by atoms with Gasteiger partial charge in [-0.1, -0.05) is 31.9 Å². The van der Waals surface area contributed by atoms with Gasteiger partial charge in [-0.15, -0.1) is 0 Å². The number of hydrogen-bond donors (Lipinski definition) is 0. The summed E-state index contributed by atoms with van der Waals surface area (Å²) in [5, 5.41) is 0. The molecule has 0 unspecified atom stereocenters. The highest BCUT2D eigenvalue weighted by Crippen LogP contribution is 2.27. The molecule has 0 radical (unpaired) electrons. The number of aryl methyl sites for hydroxylation is 1. The Hall–Kier alpha value is -0.350. The van der Waals surface area contributed by atoms with Gasteiger partial charge in [0.1, 0.15) is 0 Å². The van der Waals surface area contributed by atoms with E-state index in [2.05, 4.69) is 36.6 Å². The minimum Gasteiger partial charge on any atom is -0.469 e. The van der Waals surface area contributed by atoms with E-state index in [0.29, 0.717) is 0 Å². The van der Waals surface area contributed by atoms with Crippen LogP contribution in [0.3, 0.4) is 0 Å². The molecule has 0 N–H and O–H groups in total. The van der Waals surface area contributed by atoms with E-state index in [4.69, 9.17) is 0 Å². The molecule has 2 nitrogen and oxygen atoms in total. The van der Waals surface area contributed by atoms with Crippen molar-refractivity contribution in [2.75, 3.05) is 7.11 Å². The maximum absolute atomic E-state index is 11.1. The largest absolute Gasteiger partial charge is 0.469 e. The highest BCUT2D eigenvalue weighted by atomic mass is 79.9. The van der Waals surface area contributed by atoms with Crippen molar-refractivity contribution >= 4 is 37.8 Å². The standard InChI is InChI=1S/C10H10Br2O2/c1-6-3-8(11)7(9(12)4-6)5-10(13)14-2/h3-4H,5H2,1-2H3. The normalized spacial score (nSPS) is 10.0. The number of carbonyl (C=O) groups is 1. The molecular weight excluding hydrogens is 312 g/mol. The van der Waals surface area contributed by atoms with Crippen LogP contribution < -0.4 is 0 Å². The third-order valence-electron chi connectivity index (χ3n) is 1.83. The maximum Gasteiger partial charge on any atom is 0.310 e. The van der Waals surface area contributed by atoms with E-state index in [1.807, 2.05) is 19.1 Å². The van der Waals surface area contributed by atoms with Crippen molar-refractivity contribution in [3.05, 3.63) is 32.2 Å². The number of ether oxygens (including phenoxy) is 1. The summed E-state index contributed by atoms with van der Waals surface area (Å²) in [4.78, 5) is 11.1. The van der Waals surface area contributed by atoms with E-state index >= 15 is 0 Å². The molecule has 14 heavy (non-hydrogen) atoms. The summed E-state index contributed by atoms with van der Waals surface area (Å²) in [6.45, 7) is 2.00. The second kappa shape index (κ2) is 4.94. The Morgan fingerprint density at radius 1 is 1.36 bits per heavy atom. The maximum atomic E-state index is 11.1.